The number of anilines is 1. The van der Waals surface area contributed by atoms with Gasteiger partial charge in [-0.2, -0.15) is 13.2 Å². The maximum atomic E-state index is 13.1. The lowest BCUT2D eigenvalue weighted by Gasteiger charge is -2.26. The summed E-state index contributed by atoms with van der Waals surface area (Å²) in [5.74, 6) is -0.247. The second kappa shape index (κ2) is 6.45. The molecule has 26 heavy (non-hydrogen) atoms. The van der Waals surface area contributed by atoms with E-state index >= 15 is 0 Å². The highest BCUT2D eigenvalue weighted by atomic mass is 19.4. The molecule has 2 heterocycles. The van der Waals surface area contributed by atoms with Crippen LogP contribution in [0.3, 0.4) is 0 Å². The number of halogens is 3. The maximum absolute atomic E-state index is 13.1. The zero-order valence-electron chi connectivity index (χ0n) is 14.3. The normalized spacial score (nSPS) is 20.3. The zero-order chi connectivity index (χ0) is 18.3. The average Bonchev–Trinajstić information content (AvgIpc) is 3.11. The Kier molecular flexibility index (Phi) is 4.25. The molecule has 4 nitrogen and oxygen atoms in total. The number of aromatic hydroxyl groups is 1. The summed E-state index contributed by atoms with van der Waals surface area (Å²) < 4.78 is 39.3. The maximum Gasteiger partial charge on any atom is 0.393 e. The summed E-state index contributed by atoms with van der Waals surface area (Å²) in [6.07, 6.45) is -0.498. The van der Waals surface area contributed by atoms with Crippen molar-refractivity contribution in [3.63, 3.8) is 0 Å². The molecule has 1 N–H and O–H groups in total. The van der Waals surface area contributed by atoms with E-state index in [0.717, 1.165) is 36.9 Å². The van der Waals surface area contributed by atoms with E-state index in [4.69, 9.17) is 0 Å². The first-order chi connectivity index (χ1) is 12.4. The molecule has 1 saturated heterocycles. The molecule has 1 aliphatic heterocycles. The van der Waals surface area contributed by atoms with Crippen LogP contribution in [0.2, 0.25) is 0 Å². The van der Waals surface area contributed by atoms with Crippen LogP contribution in [-0.4, -0.2) is 34.3 Å². The molecule has 0 amide bonds. The number of para-hydroxylation sites is 1. The SMILES string of the molecule is Oc1ccccc1-c1nc2c(c(N3CCC(C(F)(F)F)C3)n1)CCCC2. The van der Waals surface area contributed by atoms with Crippen molar-refractivity contribution in [2.24, 2.45) is 5.92 Å². The Labute approximate surface area is 149 Å². The number of nitrogens with zero attached hydrogens (tertiary/aromatic N) is 3. The van der Waals surface area contributed by atoms with Gasteiger partial charge in [-0.3, -0.25) is 0 Å². The number of fused-ring (bicyclic) bond motifs is 1. The van der Waals surface area contributed by atoms with E-state index in [1.807, 2.05) is 0 Å². The molecule has 2 aromatic rings. The van der Waals surface area contributed by atoms with Gasteiger partial charge in [0.15, 0.2) is 5.82 Å². The molecule has 1 aliphatic carbocycles. The molecule has 0 bridgehead atoms. The van der Waals surface area contributed by atoms with Gasteiger partial charge >= 0.3 is 6.18 Å². The average molecular weight is 363 g/mol. The number of benzene rings is 1. The van der Waals surface area contributed by atoms with Crippen LogP contribution in [0, 0.1) is 5.92 Å². The summed E-state index contributed by atoms with van der Waals surface area (Å²) in [7, 11) is 0. The van der Waals surface area contributed by atoms with Gasteiger partial charge in [0.05, 0.1) is 11.5 Å². The molecule has 0 saturated carbocycles. The molecule has 138 valence electrons. The van der Waals surface area contributed by atoms with Crippen LogP contribution in [0.15, 0.2) is 24.3 Å². The van der Waals surface area contributed by atoms with Crippen molar-refractivity contribution in [1.82, 2.24) is 9.97 Å². The Bertz CT molecular complexity index is 822. The molecule has 0 spiro atoms. The molecule has 1 aromatic carbocycles. The van der Waals surface area contributed by atoms with Crippen molar-refractivity contribution >= 4 is 5.82 Å². The number of hydrogen-bond acceptors (Lipinski definition) is 4. The fourth-order valence-electron chi connectivity index (χ4n) is 3.84. The third-order valence-electron chi connectivity index (χ3n) is 5.26. The molecule has 1 atom stereocenters. The van der Waals surface area contributed by atoms with Gasteiger partial charge in [-0.25, -0.2) is 9.97 Å². The first-order valence-electron chi connectivity index (χ1n) is 8.93. The molecule has 1 aromatic heterocycles. The molecule has 1 fully saturated rings. The number of hydrogen-bond donors (Lipinski definition) is 1. The van der Waals surface area contributed by atoms with Gasteiger partial charge in [0, 0.05) is 24.3 Å². The molecular formula is C19H20F3N3O. The quantitative estimate of drug-likeness (QED) is 0.872. The summed E-state index contributed by atoms with van der Waals surface area (Å²) in [4.78, 5) is 11.0. The third-order valence-corrected chi connectivity index (χ3v) is 5.26. The lowest BCUT2D eigenvalue weighted by Crippen LogP contribution is -2.29. The van der Waals surface area contributed by atoms with Crippen LogP contribution in [0.25, 0.3) is 11.4 Å². The third kappa shape index (κ3) is 3.10. The summed E-state index contributed by atoms with van der Waals surface area (Å²) in [5.41, 5.74) is 2.38. The minimum atomic E-state index is -4.18. The Morgan fingerprint density at radius 2 is 1.85 bits per heavy atom. The minimum Gasteiger partial charge on any atom is -0.507 e. The molecule has 1 unspecified atom stereocenters. The Balaban J connectivity index is 1.76. The van der Waals surface area contributed by atoms with Crippen molar-refractivity contribution in [1.29, 1.82) is 0 Å². The van der Waals surface area contributed by atoms with Crippen molar-refractivity contribution < 1.29 is 18.3 Å². The fraction of sp³-hybridized carbons (Fsp3) is 0.474. The van der Waals surface area contributed by atoms with Gasteiger partial charge in [0.2, 0.25) is 0 Å². The number of rotatable bonds is 2. The lowest BCUT2D eigenvalue weighted by molar-refractivity contribution is -0.168. The summed E-state index contributed by atoms with van der Waals surface area (Å²) >= 11 is 0. The molecular weight excluding hydrogens is 343 g/mol. The van der Waals surface area contributed by atoms with Crippen LogP contribution in [0.5, 0.6) is 5.75 Å². The van der Waals surface area contributed by atoms with E-state index in [9.17, 15) is 18.3 Å². The molecule has 4 rings (SSSR count). The first-order valence-corrected chi connectivity index (χ1v) is 8.93. The number of phenols is 1. The van der Waals surface area contributed by atoms with Gasteiger partial charge < -0.3 is 10.0 Å². The number of phenolic OH excluding ortho intramolecular Hbond substituents is 1. The van der Waals surface area contributed by atoms with E-state index in [1.54, 1.807) is 29.2 Å². The Morgan fingerprint density at radius 1 is 1.08 bits per heavy atom. The summed E-state index contributed by atoms with van der Waals surface area (Å²) in [5, 5.41) is 10.1. The highest BCUT2D eigenvalue weighted by molar-refractivity contribution is 5.66. The fourth-order valence-corrected chi connectivity index (χ4v) is 3.84. The Hall–Kier alpha value is -2.31. The van der Waals surface area contributed by atoms with E-state index in [2.05, 4.69) is 9.97 Å². The first kappa shape index (κ1) is 17.1. The second-order valence-electron chi connectivity index (χ2n) is 6.99. The largest absolute Gasteiger partial charge is 0.507 e. The predicted molar refractivity (Wildman–Crippen MR) is 92.1 cm³/mol. The second-order valence-corrected chi connectivity index (χ2v) is 6.99. The molecule has 0 radical (unpaired) electrons. The van der Waals surface area contributed by atoms with Crippen LogP contribution in [0.4, 0.5) is 19.0 Å². The van der Waals surface area contributed by atoms with Gasteiger partial charge in [0.1, 0.15) is 11.6 Å². The van der Waals surface area contributed by atoms with Crippen LogP contribution < -0.4 is 4.90 Å². The van der Waals surface area contributed by atoms with E-state index in [-0.39, 0.29) is 18.7 Å². The minimum absolute atomic E-state index is 0.0623. The Morgan fingerprint density at radius 3 is 2.58 bits per heavy atom. The van der Waals surface area contributed by atoms with Crippen molar-refractivity contribution in [2.75, 3.05) is 18.0 Å². The van der Waals surface area contributed by atoms with Gasteiger partial charge in [-0.15, -0.1) is 0 Å². The number of alkyl halides is 3. The van der Waals surface area contributed by atoms with Gasteiger partial charge in [-0.05, 0) is 44.2 Å². The van der Waals surface area contributed by atoms with Gasteiger partial charge in [0.25, 0.3) is 0 Å². The zero-order valence-corrected chi connectivity index (χ0v) is 14.3. The van der Waals surface area contributed by atoms with Crippen molar-refractivity contribution in [3.05, 3.63) is 35.5 Å². The van der Waals surface area contributed by atoms with E-state index in [1.165, 1.54) is 0 Å². The lowest BCUT2D eigenvalue weighted by atomic mass is 9.95. The number of aryl methyl sites for hydroxylation is 1. The van der Waals surface area contributed by atoms with E-state index < -0.39 is 12.1 Å². The van der Waals surface area contributed by atoms with Gasteiger partial charge in [-0.1, -0.05) is 12.1 Å². The summed E-state index contributed by atoms with van der Waals surface area (Å²) in [6, 6.07) is 6.79. The van der Waals surface area contributed by atoms with Crippen LogP contribution >= 0.6 is 0 Å². The predicted octanol–water partition coefficient (Wildman–Crippen LogP) is 4.12. The van der Waals surface area contributed by atoms with Crippen molar-refractivity contribution in [2.45, 2.75) is 38.3 Å². The number of aromatic nitrogens is 2. The standard InChI is InChI=1S/C19H20F3N3O/c20-19(21,22)12-9-10-25(11-12)18-13-5-1-3-7-15(13)23-17(24-18)14-6-2-4-8-16(14)26/h2,4,6,8,12,26H,1,3,5,7,9-11H2. The topological polar surface area (TPSA) is 49.3 Å². The smallest absolute Gasteiger partial charge is 0.393 e. The van der Waals surface area contributed by atoms with Crippen LogP contribution in [-0.2, 0) is 12.8 Å². The molecule has 2 aliphatic rings. The monoisotopic (exact) mass is 363 g/mol. The van der Waals surface area contributed by atoms with Crippen molar-refractivity contribution in [3.8, 4) is 17.1 Å². The van der Waals surface area contributed by atoms with Crippen LogP contribution in [0.1, 0.15) is 30.5 Å². The highest BCUT2D eigenvalue weighted by Gasteiger charge is 2.44. The highest BCUT2D eigenvalue weighted by Crippen LogP contribution is 2.38. The molecule has 7 heteroatoms. The van der Waals surface area contributed by atoms with E-state index in [0.29, 0.717) is 23.8 Å². The summed E-state index contributed by atoms with van der Waals surface area (Å²) in [6.45, 7) is 0.279.